The van der Waals surface area contributed by atoms with Gasteiger partial charge in [0.05, 0.1) is 11.6 Å². The van der Waals surface area contributed by atoms with Gasteiger partial charge < -0.3 is 10.3 Å². The largest absolute Gasteiger partial charge is 0.397 e. The van der Waals surface area contributed by atoms with Crippen LogP contribution in [0.25, 0.3) is 5.69 Å². The van der Waals surface area contributed by atoms with Crippen LogP contribution >= 0.6 is 0 Å². The molecular formula is C11H9N3. The zero-order valence-corrected chi connectivity index (χ0v) is 7.51. The fourth-order valence-electron chi connectivity index (χ4n) is 1.28. The fraction of sp³-hybridized carbons (Fsp3) is 0. The molecule has 0 aliphatic rings. The monoisotopic (exact) mass is 183 g/mol. The number of nitrogens with two attached hydrogens (primary N) is 1. The first kappa shape index (κ1) is 8.39. The molecule has 3 heteroatoms. The van der Waals surface area contributed by atoms with E-state index in [1.807, 2.05) is 35.2 Å². The predicted octanol–water partition coefficient (Wildman–Crippen LogP) is 1.93. The Morgan fingerprint density at radius 3 is 2.36 bits per heavy atom. The number of rotatable bonds is 1. The molecule has 0 bridgehead atoms. The maximum Gasteiger partial charge on any atom is 0.0991 e. The molecule has 2 N–H and O–H groups in total. The number of nitrogen functional groups attached to an aromatic ring is 1. The lowest BCUT2D eigenvalue weighted by Gasteiger charge is -2.01. The van der Waals surface area contributed by atoms with Gasteiger partial charge in [-0.15, -0.1) is 0 Å². The molecule has 1 aromatic heterocycles. The molecule has 1 aromatic carbocycles. The van der Waals surface area contributed by atoms with Gasteiger partial charge >= 0.3 is 0 Å². The van der Waals surface area contributed by atoms with Gasteiger partial charge in [-0.05, 0) is 30.3 Å². The second kappa shape index (κ2) is 3.27. The molecule has 2 aromatic rings. The molecule has 3 nitrogen and oxygen atoms in total. The smallest absolute Gasteiger partial charge is 0.0991 e. The van der Waals surface area contributed by atoms with Crippen LogP contribution in [-0.4, -0.2) is 4.57 Å². The Morgan fingerprint density at radius 1 is 1.14 bits per heavy atom. The standard InChI is InChI=1S/C11H9N3/c12-7-9-1-3-11(4-2-9)14-6-5-10(13)8-14/h1-6,8H,13H2. The number of benzene rings is 1. The molecule has 0 saturated heterocycles. The second-order valence-corrected chi connectivity index (χ2v) is 3.01. The van der Waals surface area contributed by atoms with E-state index < -0.39 is 0 Å². The molecular weight excluding hydrogens is 174 g/mol. The first-order valence-corrected chi connectivity index (χ1v) is 4.23. The van der Waals surface area contributed by atoms with Crippen molar-refractivity contribution in [3.8, 4) is 11.8 Å². The molecule has 1 heterocycles. The predicted molar refractivity (Wildman–Crippen MR) is 54.9 cm³/mol. The Hall–Kier alpha value is -2.21. The van der Waals surface area contributed by atoms with E-state index in [2.05, 4.69) is 6.07 Å². The van der Waals surface area contributed by atoms with Crippen LogP contribution in [0.2, 0.25) is 0 Å². The molecule has 14 heavy (non-hydrogen) atoms. The van der Waals surface area contributed by atoms with Crippen molar-refractivity contribution in [3.63, 3.8) is 0 Å². The number of nitrogens with zero attached hydrogens (tertiary/aromatic N) is 2. The summed E-state index contributed by atoms with van der Waals surface area (Å²) in [6.45, 7) is 0. The summed E-state index contributed by atoms with van der Waals surface area (Å²) in [5.74, 6) is 0. The van der Waals surface area contributed by atoms with Crippen LogP contribution in [0, 0.1) is 11.3 Å². The summed E-state index contributed by atoms with van der Waals surface area (Å²) in [6.07, 6.45) is 3.72. The molecule has 0 atom stereocenters. The third kappa shape index (κ3) is 1.46. The lowest BCUT2D eigenvalue weighted by molar-refractivity contribution is 1.08. The summed E-state index contributed by atoms with van der Waals surface area (Å²) in [5, 5.41) is 8.63. The van der Waals surface area contributed by atoms with E-state index in [4.69, 9.17) is 11.0 Å². The molecule has 0 aliphatic carbocycles. The van der Waals surface area contributed by atoms with E-state index in [1.165, 1.54) is 0 Å². The molecule has 0 radical (unpaired) electrons. The Bertz CT molecular complexity index is 474. The summed E-state index contributed by atoms with van der Waals surface area (Å²) >= 11 is 0. The molecule has 0 unspecified atom stereocenters. The van der Waals surface area contributed by atoms with Crippen LogP contribution in [0.5, 0.6) is 0 Å². The van der Waals surface area contributed by atoms with Gasteiger partial charge in [0.2, 0.25) is 0 Å². The van der Waals surface area contributed by atoms with E-state index >= 15 is 0 Å². The van der Waals surface area contributed by atoms with Crippen LogP contribution in [-0.2, 0) is 0 Å². The highest BCUT2D eigenvalue weighted by atomic mass is 15.0. The van der Waals surface area contributed by atoms with Gasteiger partial charge in [-0.3, -0.25) is 0 Å². The summed E-state index contributed by atoms with van der Waals surface area (Å²) in [5.41, 5.74) is 7.99. The molecule has 0 amide bonds. The van der Waals surface area contributed by atoms with Gasteiger partial charge in [0.15, 0.2) is 0 Å². The van der Waals surface area contributed by atoms with Crippen molar-refractivity contribution in [3.05, 3.63) is 48.3 Å². The topological polar surface area (TPSA) is 54.7 Å². The van der Waals surface area contributed by atoms with Crippen molar-refractivity contribution in [1.82, 2.24) is 4.57 Å². The fourth-order valence-corrected chi connectivity index (χ4v) is 1.28. The normalized spacial score (nSPS) is 9.64. The molecule has 0 fully saturated rings. The van der Waals surface area contributed by atoms with Crippen molar-refractivity contribution in [1.29, 1.82) is 5.26 Å². The van der Waals surface area contributed by atoms with E-state index in [-0.39, 0.29) is 0 Å². The van der Waals surface area contributed by atoms with Crippen LogP contribution in [0.4, 0.5) is 5.69 Å². The zero-order chi connectivity index (χ0) is 9.97. The van der Waals surface area contributed by atoms with Crippen LogP contribution in [0.1, 0.15) is 5.56 Å². The number of nitriles is 1. The summed E-state index contributed by atoms with van der Waals surface area (Å²) in [4.78, 5) is 0. The third-order valence-corrected chi connectivity index (χ3v) is 2.01. The highest BCUT2D eigenvalue weighted by molar-refractivity contribution is 5.44. The molecule has 2 rings (SSSR count). The van der Waals surface area contributed by atoms with Crippen molar-refractivity contribution < 1.29 is 0 Å². The number of anilines is 1. The second-order valence-electron chi connectivity index (χ2n) is 3.01. The van der Waals surface area contributed by atoms with Crippen LogP contribution in [0.3, 0.4) is 0 Å². The average molecular weight is 183 g/mol. The van der Waals surface area contributed by atoms with Crippen LogP contribution < -0.4 is 5.73 Å². The van der Waals surface area contributed by atoms with Gasteiger partial charge in [-0.25, -0.2) is 0 Å². The highest BCUT2D eigenvalue weighted by Crippen LogP contribution is 2.12. The number of aromatic nitrogens is 1. The molecule has 0 saturated carbocycles. The summed E-state index contributed by atoms with van der Waals surface area (Å²) in [6, 6.07) is 11.2. The highest BCUT2D eigenvalue weighted by Gasteiger charge is 1.96. The molecule has 0 aliphatic heterocycles. The van der Waals surface area contributed by atoms with E-state index in [0.29, 0.717) is 5.56 Å². The minimum Gasteiger partial charge on any atom is -0.397 e. The van der Waals surface area contributed by atoms with Crippen molar-refractivity contribution in [2.75, 3.05) is 5.73 Å². The van der Waals surface area contributed by atoms with Gasteiger partial charge in [0.1, 0.15) is 0 Å². The Labute approximate surface area is 82.0 Å². The minimum atomic E-state index is 0.661. The minimum absolute atomic E-state index is 0.661. The van der Waals surface area contributed by atoms with Crippen LogP contribution in [0.15, 0.2) is 42.7 Å². The van der Waals surface area contributed by atoms with E-state index in [0.717, 1.165) is 11.4 Å². The SMILES string of the molecule is N#Cc1ccc(-n2ccc(N)c2)cc1. The Morgan fingerprint density at radius 2 is 1.86 bits per heavy atom. The first-order chi connectivity index (χ1) is 6.79. The Balaban J connectivity index is 2.39. The lowest BCUT2D eigenvalue weighted by atomic mass is 10.2. The first-order valence-electron chi connectivity index (χ1n) is 4.23. The summed E-state index contributed by atoms with van der Waals surface area (Å²) in [7, 11) is 0. The van der Waals surface area contributed by atoms with E-state index in [9.17, 15) is 0 Å². The van der Waals surface area contributed by atoms with Gasteiger partial charge in [-0.2, -0.15) is 5.26 Å². The van der Waals surface area contributed by atoms with Crippen molar-refractivity contribution in [2.45, 2.75) is 0 Å². The Kier molecular flexibility index (Phi) is 1.96. The third-order valence-electron chi connectivity index (χ3n) is 2.01. The number of hydrogen-bond acceptors (Lipinski definition) is 2. The van der Waals surface area contributed by atoms with Gasteiger partial charge in [0, 0.05) is 23.8 Å². The van der Waals surface area contributed by atoms with Crippen molar-refractivity contribution in [2.24, 2.45) is 0 Å². The quantitative estimate of drug-likeness (QED) is 0.734. The maximum absolute atomic E-state index is 8.63. The zero-order valence-electron chi connectivity index (χ0n) is 7.51. The number of hydrogen-bond donors (Lipinski definition) is 1. The van der Waals surface area contributed by atoms with Crippen molar-refractivity contribution >= 4 is 5.69 Å². The molecule has 68 valence electrons. The van der Waals surface area contributed by atoms with Gasteiger partial charge in [-0.1, -0.05) is 0 Å². The van der Waals surface area contributed by atoms with Gasteiger partial charge in [0.25, 0.3) is 0 Å². The average Bonchev–Trinajstić information content (AvgIpc) is 2.65. The lowest BCUT2D eigenvalue weighted by Crippen LogP contribution is -1.89. The maximum atomic E-state index is 8.63. The summed E-state index contributed by atoms with van der Waals surface area (Å²) < 4.78 is 1.91. The van der Waals surface area contributed by atoms with E-state index in [1.54, 1.807) is 12.1 Å². The molecule has 0 spiro atoms.